The van der Waals surface area contributed by atoms with Crippen molar-refractivity contribution < 1.29 is 23.6 Å². The van der Waals surface area contributed by atoms with Crippen LogP contribution in [0, 0.1) is 0 Å². The Morgan fingerprint density at radius 3 is 2.28 bits per heavy atom. The summed E-state index contributed by atoms with van der Waals surface area (Å²) in [6, 6.07) is 0. The predicted molar refractivity (Wildman–Crippen MR) is 97.4 cm³/mol. The van der Waals surface area contributed by atoms with Gasteiger partial charge in [0, 0.05) is 13.7 Å². The first-order chi connectivity index (χ1) is 11.3. The molecule has 0 aromatic heterocycles. The van der Waals surface area contributed by atoms with Gasteiger partial charge in [-0.25, -0.2) is 4.79 Å². The second kappa shape index (κ2) is 6.93. The molecule has 0 aromatic carbocycles. The maximum Gasteiger partial charge on any atom is 0.490 e. The summed E-state index contributed by atoms with van der Waals surface area (Å²) in [5.41, 5.74) is -0.294. The normalized spacial score (nSPS) is 26.2. The molecule has 25 heavy (non-hydrogen) atoms. The molecule has 2 rings (SSSR count). The van der Waals surface area contributed by atoms with Crippen LogP contribution in [0.25, 0.3) is 0 Å². The third kappa shape index (κ3) is 4.77. The summed E-state index contributed by atoms with van der Waals surface area (Å²) in [7, 11) is 1.24. The highest BCUT2D eigenvalue weighted by Crippen LogP contribution is 2.39. The molecule has 0 saturated carbocycles. The minimum atomic E-state index is -0.524. The van der Waals surface area contributed by atoms with E-state index in [1.807, 2.05) is 54.5 Å². The first-order valence-corrected chi connectivity index (χ1v) is 8.90. The first-order valence-electron chi connectivity index (χ1n) is 8.90. The van der Waals surface area contributed by atoms with Crippen molar-refractivity contribution in [1.29, 1.82) is 0 Å². The van der Waals surface area contributed by atoms with Gasteiger partial charge >= 0.3 is 13.2 Å². The quantitative estimate of drug-likeness (QED) is 0.714. The second-order valence-corrected chi connectivity index (χ2v) is 8.81. The first kappa shape index (κ1) is 20.3. The summed E-state index contributed by atoms with van der Waals surface area (Å²) >= 11 is 0. The Kier molecular flexibility index (Phi) is 5.62. The number of carbonyl (C=O) groups is 1. The van der Waals surface area contributed by atoms with Gasteiger partial charge in [-0.05, 0) is 60.4 Å². The Balaban J connectivity index is 2.15. The summed E-state index contributed by atoms with van der Waals surface area (Å²) in [5.74, 6) is 0. The molecule has 0 N–H and O–H groups in total. The van der Waals surface area contributed by atoms with Crippen LogP contribution in [0.3, 0.4) is 0 Å². The minimum Gasteiger partial charge on any atom is -0.444 e. The number of hydrogen-bond donors (Lipinski definition) is 0. The Bertz CT molecular complexity index is 522. The molecule has 2 heterocycles. The van der Waals surface area contributed by atoms with Crippen molar-refractivity contribution in [3.8, 4) is 0 Å². The molecule has 1 amide bonds. The molecule has 142 valence electrons. The largest absolute Gasteiger partial charge is 0.490 e. The van der Waals surface area contributed by atoms with Gasteiger partial charge in [0.25, 0.3) is 0 Å². The lowest BCUT2D eigenvalue weighted by Gasteiger charge is -2.32. The monoisotopic (exact) mass is 353 g/mol. The van der Waals surface area contributed by atoms with E-state index < -0.39 is 23.9 Å². The number of hydrogen-bond acceptors (Lipinski definition) is 5. The van der Waals surface area contributed by atoms with Crippen molar-refractivity contribution in [2.24, 2.45) is 0 Å². The van der Waals surface area contributed by atoms with Gasteiger partial charge in [0.2, 0.25) is 0 Å². The van der Waals surface area contributed by atoms with Crippen LogP contribution in [-0.2, 0) is 18.8 Å². The van der Waals surface area contributed by atoms with Crippen molar-refractivity contribution in [3.05, 3.63) is 11.5 Å². The van der Waals surface area contributed by atoms with Crippen molar-refractivity contribution in [3.63, 3.8) is 0 Å². The third-order valence-electron chi connectivity index (χ3n) is 5.00. The van der Waals surface area contributed by atoms with Gasteiger partial charge in [-0.2, -0.15) is 0 Å². The Labute approximate surface area is 152 Å². The van der Waals surface area contributed by atoms with Gasteiger partial charge in [0.05, 0.1) is 23.9 Å². The van der Waals surface area contributed by atoms with E-state index in [1.54, 1.807) is 12.0 Å². The van der Waals surface area contributed by atoms with E-state index in [0.29, 0.717) is 19.5 Å². The SMILES string of the molecule is COC1CC(B2OC(C)(C)C(C)(C)O2)=CCN(C(=O)OC(C)(C)C)C1. The third-order valence-corrected chi connectivity index (χ3v) is 5.00. The van der Waals surface area contributed by atoms with E-state index in [9.17, 15) is 4.79 Å². The smallest absolute Gasteiger partial charge is 0.444 e. The van der Waals surface area contributed by atoms with E-state index in [2.05, 4.69) is 0 Å². The topological polar surface area (TPSA) is 57.2 Å². The summed E-state index contributed by atoms with van der Waals surface area (Å²) in [4.78, 5) is 14.1. The molecular weight excluding hydrogens is 321 g/mol. The van der Waals surface area contributed by atoms with E-state index in [0.717, 1.165) is 5.47 Å². The Morgan fingerprint density at radius 2 is 1.80 bits per heavy atom. The standard InChI is InChI=1S/C18H32BNO5/c1-16(2,3)23-15(21)20-10-9-13(11-14(12-20)22-8)19-24-17(4,5)18(6,7)25-19/h9,14H,10-12H2,1-8H3. The summed E-state index contributed by atoms with van der Waals surface area (Å²) in [6.07, 6.45) is 2.21. The number of methoxy groups -OCH3 is 1. The summed E-state index contributed by atoms with van der Waals surface area (Å²) in [6.45, 7) is 14.7. The molecule has 0 aliphatic carbocycles. The van der Waals surface area contributed by atoms with Crippen molar-refractivity contribution in [2.75, 3.05) is 20.2 Å². The molecule has 7 heteroatoms. The van der Waals surface area contributed by atoms with E-state index in [4.69, 9.17) is 18.8 Å². The van der Waals surface area contributed by atoms with Crippen molar-refractivity contribution in [1.82, 2.24) is 4.90 Å². The van der Waals surface area contributed by atoms with Gasteiger partial charge < -0.3 is 23.7 Å². The van der Waals surface area contributed by atoms with Crippen LogP contribution in [0.5, 0.6) is 0 Å². The fourth-order valence-corrected chi connectivity index (χ4v) is 2.78. The molecule has 2 aliphatic rings. The lowest BCUT2D eigenvalue weighted by atomic mass is 9.75. The molecule has 2 aliphatic heterocycles. The Morgan fingerprint density at radius 1 is 1.24 bits per heavy atom. The van der Waals surface area contributed by atoms with E-state index >= 15 is 0 Å². The molecule has 1 saturated heterocycles. The minimum absolute atomic E-state index is 0.125. The number of rotatable bonds is 2. The molecule has 0 spiro atoms. The molecule has 6 nitrogen and oxygen atoms in total. The highest BCUT2D eigenvalue weighted by atomic mass is 16.7. The van der Waals surface area contributed by atoms with Crippen LogP contribution in [0.1, 0.15) is 54.9 Å². The molecule has 0 bridgehead atoms. The highest BCUT2D eigenvalue weighted by Gasteiger charge is 2.52. The van der Waals surface area contributed by atoms with Crippen LogP contribution in [0.15, 0.2) is 11.5 Å². The van der Waals surface area contributed by atoms with Crippen LogP contribution in [0.2, 0.25) is 0 Å². The van der Waals surface area contributed by atoms with Gasteiger partial charge in [-0.1, -0.05) is 6.08 Å². The number of carbonyl (C=O) groups excluding carboxylic acids is 1. The zero-order valence-corrected chi connectivity index (χ0v) is 16.8. The zero-order valence-electron chi connectivity index (χ0n) is 16.8. The fraction of sp³-hybridized carbons (Fsp3) is 0.833. The molecule has 0 aromatic rings. The molecule has 0 radical (unpaired) electrons. The van der Waals surface area contributed by atoms with Crippen molar-refractivity contribution in [2.45, 2.75) is 77.8 Å². The number of nitrogens with zero attached hydrogens (tertiary/aromatic N) is 1. The molecule has 1 fully saturated rings. The van der Waals surface area contributed by atoms with E-state index in [-0.39, 0.29) is 12.2 Å². The zero-order chi connectivity index (χ0) is 19.0. The van der Waals surface area contributed by atoms with E-state index in [1.165, 1.54) is 0 Å². The summed E-state index contributed by atoms with van der Waals surface area (Å²) in [5, 5.41) is 0. The average molecular weight is 353 g/mol. The molecule has 1 atom stereocenters. The van der Waals surface area contributed by atoms with Gasteiger partial charge in [0.1, 0.15) is 5.60 Å². The van der Waals surface area contributed by atoms with Gasteiger partial charge in [0.15, 0.2) is 0 Å². The van der Waals surface area contributed by atoms with Gasteiger partial charge in [-0.3, -0.25) is 0 Å². The maximum absolute atomic E-state index is 12.4. The molecular formula is C18H32BNO5. The van der Waals surface area contributed by atoms with Crippen LogP contribution >= 0.6 is 0 Å². The van der Waals surface area contributed by atoms with Crippen LogP contribution < -0.4 is 0 Å². The highest BCUT2D eigenvalue weighted by molar-refractivity contribution is 6.54. The Hall–Kier alpha value is -1.05. The maximum atomic E-state index is 12.4. The van der Waals surface area contributed by atoms with Crippen LogP contribution in [0.4, 0.5) is 4.79 Å². The lowest BCUT2D eigenvalue weighted by molar-refractivity contribution is 0.00578. The number of ether oxygens (including phenoxy) is 2. The second-order valence-electron chi connectivity index (χ2n) is 8.81. The summed E-state index contributed by atoms with van der Waals surface area (Å²) < 4.78 is 23.4. The van der Waals surface area contributed by atoms with Crippen LogP contribution in [-0.4, -0.2) is 61.2 Å². The lowest BCUT2D eigenvalue weighted by Crippen LogP contribution is -2.41. The predicted octanol–water partition coefficient (Wildman–Crippen LogP) is 3.20. The fourth-order valence-electron chi connectivity index (χ4n) is 2.78. The average Bonchev–Trinajstić information content (AvgIpc) is 2.62. The van der Waals surface area contributed by atoms with Gasteiger partial charge in [-0.15, -0.1) is 0 Å². The number of amides is 1. The van der Waals surface area contributed by atoms with Crippen molar-refractivity contribution >= 4 is 13.2 Å². The molecule has 1 unspecified atom stereocenters.